The fourth-order valence-electron chi connectivity index (χ4n) is 4.05. The van der Waals surface area contributed by atoms with Gasteiger partial charge in [-0.15, -0.1) is 11.3 Å². The number of rotatable bonds is 8. The van der Waals surface area contributed by atoms with Crippen LogP contribution in [0.2, 0.25) is 0 Å². The van der Waals surface area contributed by atoms with Crippen LogP contribution in [0.1, 0.15) is 19.4 Å². The number of aliphatic hydroxyl groups is 1. The second-order valence-electron chi connectivity index (χ2n) is 8.91. The lowest BCUT2D eigenvalue weighted by Crippen LogP contribution is -2.58. The Hall–Kier alpha value is -2.28. The van der Waals surface area contributed by atoms with Gasteiger partial charge in [0.05, 0.1) is 16.5 Å². The normalized spacial score (nSPS) is 18.0. The zero-order chi connectivity index (χ0) is 25.3. The van der Waals surface area contributed by atoms with Gasteiger partial charge in [0.1, 0.15) is 4.21 Å². The second kappa shape index (κ2) is 10.00. The lowest BCUT2D eigenvalue weighted by atomic mass is 9.98. The standard InChI is InChI=1S/C24H29N3O5S3/c1-24(2,28)19-10-12-20(13-11-19)27-15-14-26(35(31,32)23-9-6-16-33-23)18-21(27)17-25-34(29,30)22-7-4-3-5-8-22/h3-13,16,21,25,28H,14-15,17-18H2,1-2H3/t21-/m0/s1. The number of hydrogen-bond donors (Lipinski definition) is 2. The summed E-state index contributed by atoms with van der Waals surface area (Å²) in [6.45, 7) is 4.24. The summed E-state index contributed by atoms with van der Waals surface area (Å²) in [7, 11) is -7.44. The fraction of sp³-hybridized carbons (Fsp3) is 0.333. The van der Waals surface area contributed by atoms with E-state index in [1.165, 1.54) is 16.4 Å². The summed E-state index contributed by atoms with van der Waals surface area (Å²) in [5, 5.41) is 12.0. The van der Waals surface area contributed by atoms with Crippen molar-refractivity contribution in [3.8, 4) is 0 Å². The lowest BCUT2D eigenvalue weighted by Gasteiger charge is -2.42. The summed E-state index contributed by atoms with van der Waals surface area (Å²) >= 11 is 1.16. The molecule has 4 rings (SSSR count). The highest BCUT2D eigenvalue weighted by Crippen LogP contribution is 2.28. The first-order chi connectivity index (χ1) is 16.5. The molecule has 188 valence electrons. The highest BCUT2D eigenvalue weighted by atomic mass is 32.2. The van der Waals surface area contributed by atoms with E-state index in [4.69, 9.17) is 0 Å². The quantitative estimate of drug-likeness (QED) is 0.459. The number of nitrogens with one attached hydrogen (secondary N) is 1. The largest absolute Gasteiger partial charge is 0.386 e. The van der Waals surface area contributed by atoms with Crippen molar-refractivity contribution in [2.45, 2.75) is 34.6 Å². The van der Waals surface area contributed by atoms with E-state index in [9.17, 15) is 21.9 Å². The van der Waals surface area contributed by atoms with E-state index in [1.807, 2.05) is 29.2 Å². The Morgan fingerprint density at radius 2 is 1.66 bits per heavy atom. The molecule has 0 aliphatic carbocycles. The number of piperazine rings is 1. The average molecular weight is 536 g/mol. The fourth-order valence-corrected chi connectivity index (χ4v) is 7.75. The van der Waals surface area contributed by atoms with Gasteiger partial charge in [0.15, 0.2) is 0 Å². The maximum Gasteiger partial charge on any atom is 0.252 e. The van der Waals surface area contributed by atoms with Crippen molar-refractivity contribution < 1.29 is 21.9 Å². The molecule has 0 bridgehead atoms. The molecular formula is C24H29N3O5S3. The zero-order valence-electron chi connectivity index (χ0n) is 19.5. The Morgan fingerprint density at radius 1 is 0.971 bits per heavy atom. The SMILES string of the molecule is CC(C)(O)c1ccc(N2CCN(S(=O)(=O)c3cccs3)C[C@@H]2CNS(=O)(=O)c2ccccc2)cc1. The molecule has 3 aromatic rings. The van der Waals surface area contributed by atoms with Crippen LogP contribution in [-0.4, -0.2) is 58.5 Å². The van der Waals surface area contributed by atoms with Gasteiger partial charge in [0.2, 0.25) is 10.0 Å². The van der Waals surface area contributed by atoms with Crippen LogP contribution in [0.25, 0.3) is 0 Å². The molecule has 1 atom stereocenters. The number of benzene rings is 2. The molecule has 1 aromatic heterocycles. The van der Waals surface area contributed by atoms with Crippen LogP contribution in [0, 0.1) is 0 Å². The van der Waals surface area contributed by atoms with Crippen molar-refractivity contribution >= 4 is 37.1 Å². The van der Waals surface area contributed by atoms with Gasteiger partial charge in [-0.05, 0) is 55.1 Å². The third kappa shape index (κ3) is 5.76. The third-order valence-electron chi connectivity index (χ3n) is 6.00. The molecule has 0 amide bonds. The first-order valence-corrected chi connectivity index (χ1v) is 15.0. The minimum absolute atomic E-state index is 0.0287. The molecule has 35 heavy (non-hydrogen) atoms. The van der Waals surface area contributed by atoms with E-state index in [0.29, 0.717) is 6.54 Å². The van der Waals surface area contributed by atoms with Crippen LogP contribution in [0.4, 0.5) is 5.69 Å². The smallest absolute Gasteiger partial charge is 0.252 e. The Kier molecular flexibility index (Phi) is 7.37. The number of thiophene rings is 1. The molecule has 0 radical (unpaired) electrons. The zero-order valence-corrected chi connectivity index (χ0v) is 22.0. The molecular weight excluding hydrogens is 506 g/mol. The Balaban J connectivity index is 1.60. The number of hydrogen-bond acceptors (Lipinski definition) is 7. The molecule has 2 N–H and O–H groups in total. The molecule has 8 nitrogen and oxygen atoms in total. The van der Waals surface area contributed by atoms with Crippen LogP contribution in [0.15, 0.2) is 81.2 Å². The highest BCUT2D eigenvalue weighted by Gasteiger charge is 2.35. The maximum atomic E-state index is 13.2. The summed E-state index contributed by atoms with van der Waals surface area (Å²) < 4.78 is 56.4. The van der Waals surface area contributed by atoms with Gasteiger partial charge in [0.25, 0.3) is 10.0 Å². The molecule has 0 saturated carbocycles. The molecule has 0 spiro atoms. The summed E-state index contributed by atoms with van der Waals surface area (Å²) in [6, 6.07) is 18.3. The van der Waals surface area contributed by atoms with Crippen molar-refractivity contribution in [1.29, 1.82) is 0 Å². The average Bonchev–Trinajstić information content (AvgIpc) is 3.39. The Labute approximate surface area is 210 Å². The lowest BCUT2D eigenvalue weighted by molar-refractivity contribution is 0.0786. The van der Waals surface area contributed by atoms with Crippen molar-refractivity contribution in [3.63, 3.8) is 0 Å². The first-order valence-electron chi connectivity index (χ1n) is 11.2. The second-order valence-corrected chi connectivity index (χ2v) is 13.8. The van der Waals surface area contributed by atoms with Crippen LogP contribution in [0.5, 0.6) is 0 Å². The minimum atomic E-state index is -3.76. The van der Waals surface area contributed by atoms with Gasteiger partial charge in [-0.1, -0.05) is 36.4 Å². The number of nitrogens with zero attached hydrogens (tertiary/aromatic N) is 2. The highest BCUT2D eigenvalue weighted by molar-refractivity contribution is 7.91. The van der Waals surface area contributed by atoms with Gasteiger partial charge in [-0.25, -0.2) is 21.6 Å². The predicted octanol–water partition coefficient (Wildman–Crippen LogP) is 2.83. The van der Waals surface area contributed by atoms with Crippen molar-refractivity contribution in [1.82, 2.24) is 9.03 Å². The van der Waals surface area contributed by atoms with E-state index in [-0.39, 0.29) is 28.7 Å². The summed E-state index contributed by atoms with van der Waals surface area (Å²) in [5.41, 5.74) is 0.591. The van der Waals surface area contributed by atoms with Crippen LogP contribution in [0.3, 0.4) is 0 Å². The van der Waals surface area contributed by atoms with Gasteiger partial charge in [-0.3, -0.25) is 0 Å². The van der Waals surface area contributed by atoms with E-state index in [1.54, 1.807) is 49.6 Å². The van der Waals surface area contributed by atoms with E-state index in [2.05, 4.69) is 4.72 Å². The molecule has 0 unspecified atom stereocenters. The summed E-state index contributed by atoms with van der Waals surface area (Å²) in [5.74, 6) is 0. The number of sulfonamides is 2. The van der Waals surface area contributed by atoms with Gasteiger partial charge in [0, 0.05) is 31.9 Å². The van der Waals surface area contributed by atoms with Crippen LogP contribution in [-0.2, 0) is 25.6 Å². The van der Waals surface area contributed by atoms with Crippen molar-refractivity contribution in [2.24, 2.45) is 0 Å². The topological polar surface area (TPSA) is 107 Å². The van der Waals surface area contributed by atoms with Crippen LogP contribution >= 0.6 is 11.3 Å². The Bertz CT molecular complexity index is 1340. The van der Waals surface area contributed by atoms with E-state index >= 15 is 0 Å². The van der Waals surface area contributed by atoms with Gasteiger partial charge in [-0.2, -0.15) is 4.31 Å². The maximum absolute atomic E-state index is 13.2. The van der Waals surface area contributed by atoms with Crippen LogP contribution < -0.4 is 9.62 Å². The van der Waals surface area contributed by atoms with Crippen molar-refractivity contribution in [2.75, 3.05) is 31.1 Å². The van der Waals surface area contributed by atoms with Crippen molar-refractivity contribution in [3.05, 3.63) is 77.7 Å². The molecule has 1 fully saturated rings. The monoisotopic (exact) mass is 535 g/mol. The summed E-state index contributed by atoms with van der Waals surface area (Å²) in [4.78, 5) is 2.17. The van der Waals surface area contributed by atoms with E-state index in [0.717, 1.165) is 22.6 Å². The summed E-state index contributed by atoms with van der Waals surface area (Å²) in [6.07, 6.45) is 0. The molecule has 1 saturated heterocycles. The molecule has 2 aromatic carbocycles. The van der Waals surface area contributed by atoms with Gasteiger partial charge >= 0.3 is 0 Å². The third-order valence-corrected chi connectivity index (χ3v) is 10.7. The van der Waals surface area contributed by atoms with E-state index < -0.39 is 31.7 Å². The predicted molar refractivity (Wildman–Crippen MR) is 138 cm³/mol. The molecule has 1 aliphatic heterocycles. The molecule has 1 aliphatic rings. The first kappa shape index (κ1) is 25.8. The number of anilines is 1. The minimum Gasteiger partial charge on any atom is -0.386 e. The molecule has 11 heteroatoms. The molecule has 2 heterocycles. The van der Waals surface area contributed by atoms with Gasteiger partial charge < -0.3 is 10.0 Å². The Morgan fingerprint density at radius 3 is 2.26 bits per heavy atom.